The Balaban J connectivity index is 0.000000226. The van der Waals surface area contributed by atoms with Crippen molar-refractivity contribution >= 4 is 46.3 Å². The number of aliphatic hydroxyl groups is 2. The molecule has 1 unspecified atom stereocenters. The summed E-state index contributed by atoms with van der Waals surface area (Å²) in [6.45, 7) is 28.0. The van der Waals surface area contributed by atoms with Gasteiger partial charge in [0.25, 0.3) is 0 Å². The summed E-state index contributed by atoms with van der Waals surface area (Å²) >= 11 is 3.20. The fourth-order valence-electron chi connectivity index (χ4n) is 9.50. The van der Waals surface area contributed by atoms with Crippen LogP contribution in [0.25, 0.3) is 0 Å². The van der Waals surface area contributed by atoms with Crippen LogP contribution < -0.4 is 5.32 Å². The molecule has 2 aliphatic carbocycles. The second-order valence-electron chi connectivity index (χ2n) is 27.0. The van der Waals surface area contributed by atoms with E-state index in [1.54, 1.807) is 22.2 Å². The highest BCUT2D eigenvalue weighted by Crippen LogP contribution is 2.38. The van der Waals surface area contributed by atoms with Crippen LogP contribution in [0.4, 0.5) is 9.59 Å². The van der Waals surface area contributed by atoms with Gasteiger partial charge in [-0.25, -0.2) is 14.6 Å². The van der Waals surface area contributed by atoms with Crippen LogP contribution in [0.3, 0.4) is 0 Å². The fourth-order valence-corrected chi connectivity index (χ4v) is 9.77. The van der Waals surface area contributed by atoms with Gasteiger partial charge in [0.2, 0.25) is 0 Å². The lowest BCUT2D eigenvalue weighted by Crippen LogP contribution is -2.51. The normalized spacial score (nSPS) is 19.4. The molecule has 3 aliphatic heterocycles. The number of likely N-dealkylation sites (tertiary alicyclic amines) is 2. The Bertz CT molecular complexity index is 2570. The summed E-state index contributed by atoms with van der Waals surface area (Å²) < 4.78 is 22.0. The number of ether oxygens (including phenoxy) is 4. The summed E-state index contributed by atoms with van der Waals surface area (Å²) in [4.78, 5) is 76.8. The first-order valence-electron chi connectivity index (χ1n) is 30.6. The van der Waals surface area contributed by atoms with Crippen LogP contribution >= 0.6 is 15.9 Å². The second-order valence-corrected chi connectivity index (χ2v) is 27.8. The highest BCUT2D eigenvalue weighted by atomic mass is 79.9. The Kier molecular flexibility index (Phi) is 30.2. The molecule has 476 valence electrons. The number of aldehydes is 1. The maximum atomic E-state index is 11.8. The first-order valence-corrected chi connectivity index (χ1v) is 31.4. The standard InChI is InChI=1S/C15H22N2O3.C15H22N2O2.C11H20O3.C11H18O3.C10H14N2.C5H4BrN/c1-15(2,3)20-14(19)17-9-11(10-17)8-13(18)12-6-4-5-7-16-12;1-15(2,3)19-14(18)17-10-12(11-17)7-8-13-6-4-5-9-16-13;2*1-11(2,3)14-10(13)9-6-8(7-9)4-5-12;1-2-6-12-10(3-1)5-4-9-7-11-8-9;6-5-3-1-2-4-7-5/h4-7,11,13,18H,8-10H2,1-3H3;4-6,9,12H,7-8,10-11H2,1-3H3;8-9,12H,4-7H2,1-3H3;5,8-9H,4,6-7H2,1-3H3;1-3,6,9,11H,4-5,7-8H2;1-4H. The molecule has 4 aromatic rings. The Hall–Kier alpha value is -5.89. The summed E-state index contributed by atoms with van der Waals surface area (Å²) in [7, 11) is 0. The van der Waals surface area contributed by atoms with Crippen molar-refractivity contribution in [2.75, 3.05) is 45.9 Å². The molecule has 86 heavy (non-hydrogen) atoms. The molecule has 5 aliphatic rings. The van der Waals surface area contributed by atoms with Crippen LogP contribution in [0, 0.1) is 41.4 Å². The molecule has 3 saturated heterocycles. The van der Waals surface area contributed by atoms with Gasteiger partial charge in [0, 0.05) is 75.4 Å². The zero-order valence-electron chi connectivity index (χ0n) is 53.3. The number of pyridine rings is 4. The predicted molar refractivity (Wildman–Crippen MR) is 336 cm³/mol. The van der Waals surface area contributed by atoms with Crippen LogP contribution in [-0.2, 0) is 46.2 Å². The third kappa shape index (κ3) is 30.2. The molecule has 0 aromatic carbocycles. The van der Waals surface area contributed by atoms with E-state index < -0.39 is 22.9 Å². The summed E-state index contributed by atoms with van der Waals surface area (Å²) in [5, 5.41) is 22.0. The quantitative estimate of drug-likeness (QED) is 0.0434. The molecule has 3 N–H and O–H groups in total. The first-order chi connectivity index (χ1) is 40.5. The van der Waals surface area contributed by atoms with E-state index in [2.05, 4.69) is 53.3 Å². The topological polar surface area (TPSA) is 233 Å². The van der Waals surface area contributed by atoms with Gasteiger partial charge < -0.3 is 49.1 Å². The Labute approximate surface area is 520 Å². The number of amides is 2. The molecule has 0 spiro atoms. The van der Waals surface area contributed by atoms with E-state index in [9.17, 15) is 29.1 Å². The third-order valence-corrected chi connectivity index (χ3v) is 14.8. The van der Waals surface area contributed by atoms with Crippen LogP contribution in [0.1, 0.15) is 164 Å². The van der Waals surface area contributed by atoms with Crippen molar-refractivity contribution in [1.29, 1.82) is 0 Å². The Morgan fingerprint density at radius 1 is 0.558 bits per heavy atom. The summed E-state index contributed by atoms with van der Waals surface area (Å²) in [6.07, 6.45) is 16.9. The summed E-state index contributed by atoms with van der Waals surface area (Å²) in [5.41, 5.74) is 1.39. The van der Waals surface area contributed by atoms with Crippen molar-refractivity contribution in [3.8, 4) is 0 Å². The van der Waals surface area contributed by atoms with E-state index in [4.69, 9.17) is 24.1 Å². The minimum absolute atomic E-state index is 0.0270. The number of carbonyl (C=O) groups excluding carboxylic acids is 5. The van der Waals surface area contributed by atoms with Crippen LogP contribution in [0.15, 0.2) is 102 Å². The SMILES string of the molecule is Brc1ccccn1.CC(C)(C)OC(=O)C1CC(CC=O)C1.CC(C)(C)OC(=O)C1CC(CCO)C1.CC(C)(C)OC(=O)N1CC(CC(O)c2ccccn2)C1.CC(C)(C)OC(=O)N1CC(CCc2ccccn2)C1.c1ccc(CCC2CNC2)nc1. The molecule has 9 rings (SSSR count). The van der Waals surface area contributed by atoms with E-state index >= 15 is 0 Å². The molecule has 18 nitrogen and oxygen atoms in total. The minimum atomic E-state index is -0.568. The van der Waals surface area contributed by atoms with Crippen molar-refractivity contribution in [2.45, 2.75) is 182 Å². The van der Waals surface area contributed by atoms with E-state index in [1.165, 1.54) is 25.2 Å². The number of nitrogens with one attached hydrogen (secondary N) is 1. The molecule has 1 atom stereocenters. The van der Waals surface area contributed by atoms with Crippen molar-refractivity contribution in [2.24, 2.45) is 41.4 Å². The lowest BCUT2D eigenvalue weighted by atomic mass is 9.73. The predicted octanol–water partition coefficient (Wildman–Crippen LogP) is 12.0. The average Bonchev–Trinajstić information content (AvgIpc) is 3.02. The maximum Gasteiger partial charge on any atom is 0.410 e. The molecule has 0 bridgehead atoms. The van der Waals surface area contributed by atoms with Gasteiger partial charge in [-0.3, -0.25) is 24.5 Å². The molecule has 4 aromatic heterocycles. The van der Waals surface area contributed by atoms with Crippen molar-refractivity contribution in [3.05, 3.63) is 119 Å². The molecule has 19 heteroatoms. The Morgan fingerprint density at radius 2 is 0.977 bits per heavy atom. The highest BCUT2D eigenvalue weighted by molar-refractivity contribution is 9.10. The number of aromatic nitrogens is 4. The zero-order valence-corrected chi connectivity index (χ0v) is 54.9. The molecular weight excluding hydrogens is 1160 g/mol. The van der Waals surface area contributed by atoms with Gasteiger partial charge >= 0.3 is 24.1 Å². The van der Waals surface area contributed by atoms with Crippen LogP contribution in [0.2, 0.25) is 0 Å². The van der Waals surface area contributed by atoms with Gasteiger partial charge in [0.05, 0.1) is 23.6 Å². The summed E-state index contributed by atoms with van der Waals surface area (Å²) in [6, 6.07) is 23.3. The lowest BCUT2D eigenvalue weighted by Gasteiger charge is -2.40. The Morgan fingerprint density at radius 3 is 1.33 bits per heavy atom. The number of aryl methyl sites for hydroxylation is 2. The van der Waals surface area contributed by atoms with Gasteiger partial charge in [0.1, 0.15) is 33.3 Å². The number of halogens is 1. The van der Waals surface area contributed by atoms with Gasteiger partial charge in [-0.2, -0.15) is 0 Å². The van der Waals surface area contributed by atoms with Crippen molar-refractivity contribution in [1.82, 2.24) is 35.1 Å². The maximum absolute atomic E-state index is 11.8. The minimum Gasteiger partial charge on any atom is -0.460 e. The number of nitrogens with zero attached hydrogens (tertiary/aromatic N) is 6. The number of carbonyl (C=O) groups is 5. The molecule has 5 fully saturated rings. The van der Waals surface area contributed by atoms with Crippen LogP contribution in [0.5, 0.6) is 0 Å². The number of hydrogen-bond donors (Lipinski definition) is 3. The van der Waals surface area contributed by atoms with E-state index in [1.807, 2.05) is 156 Å². The lowest BCUT2D eigenvalue weighted by molar-refractivity contribution is -0.166. The zero-order chi connectivity index (χ0) is 63.5. The fraction of sp³-hybridized carbons (Fsp3) is 0.627. The van der Waals surface area contributed by atoms with Gasteiger partial charge in [0.15, 0.2) is 0 Å². The van der Waals surface area contributed by atoms with Crippen LogP contribution in [-0.4, -0.2) is 139 Å². The third-order valence-electron chi connectivity index (χ3n) is 14.3. The molecule has 7 heterocycles. The van der Waals surface area contributed by atoms with Crippen molar-refractivity contribution in [3.63, 3.8) is 0 Å². The average molecular weight is 1260 g/mol. The largest absolute Gasteiger partial charge is 0.460 e. The highest BCUT2D eigenvalue weighted by Gasteiger charge is 2.39. The second kappa shape index (κ2) is 35.8. The van der Waals surface area contributed by atoms with Gasteiger partial charge in [-0.15, -0.1) is 0 Å². The molecule has 2 saturated carbocycles. The molecule has 2 amide bonds. The number of hydrogen-bond acceptors (Lipinski definition) is 16. The number of esters is 2. The number of aliphatic hydroxyl groups excluding tert-OH is 2. The van der Waals surface area contributed by atoms with Gasteiger partial charge in [-0.05, 0) is 254 Å². The van der Waals surface area contributed by atoms with Gasteiger partial charge in [-0.1, -0.05) is 24.3 Å². The molecule has 0 radical (unpaired) electrons. The van der Waals surface area contributed by atoms with E-state index in [0.29, 0.717) is 55.3 Å². The summed E-state index contributed by atoms with van der Waals surface area (Å²) in [5.74, 6) is 2.62. The van der Waals surface area contributed by atoms with E-state index in [-0.39, 0.29) is 48.2 Å². The monoisotopic (exact) mass is 1260 g/mol. The first kappa shape index (κ1) is 72.6. The number of rotatable bonds is 15. The smallest absolute Gasteiger partial charge is 0.410 e. The van der Waals surface area contributed by atoms with E-state index in [0.717, 1.165) is 87.0 Å². The molecular formula is C67H100BrN7O11. The van der Waals surface area contributed by atoms with Crippen molar-refractivity contribution < 1.29 is 53.1 Å².